The number of benzene rings is 1. The number of unbranched alkanes of at least 4 members (excludes halogenated alkanes) is 3. The smallest absolute Gasteiger partial charge is 0.273 e. The van der Waals surface area contributed by atoms with E-state index in [9.17, 15) is 14.9 Å². The Kier molecular flexibility index (Phi) is 5.10. The molecule has 1 N–H and O–H groups in total. The number of hydrogen-bond donors (Lipinski definition) is 1. The van der Waals surface area contributed by atoms with Crippen LogP contribution < -0.4 is 9.64 Å². The van der Waals surface area contributed by atoms with Crippen LogP contribution in [0.1, 0.15) is 25.7 Å². The molecule has 1 aromatic carbocycles. The number of non-ortho nitro benzene ring substituents is 1. The molecule has 0 bridgehead atoms. The quantitative estimate of drug-likeness (QED) is 0.471. The largest absolute Gasteiger partial charge is 0.481 e. The minimum Gasteiger partial charge on any atom is -0.481 e. The summed E-state index contributed by atoms with van der Waals surface area (Å²) in [5, 5.41) is 19.5. The molecule has 0 aliphatic carbocycles. The lowest BCUT2D eigenvalue weighted by Crippen LogP contribution is -2.39. The van der Waals surface area contributed by atoms with Gasteiger partial charge in [-0.1, -0.05) is 12.8 Å². The monoisotopic (exact) mass is 294 g/mol. The van der Waals surface area contributed by atoms with Crippen LogP contribution in [0.4, 0.5) is 11.4 Å². The van der Waals surface area contributed by atoms with Gasteiger partial charge in [0.2, 0.25) is 0 Å². The van der Waals surface area contributed by atoms with E-state index in [-0.39, 0.29) is 24.8 Å². The maximum atomic E-state index is 11.9. The summed E-state index contributed by atoms with van der Waals surface area (Å²) < 4.78 is 5.27. The molecule has 0 radical (unpaired) electrons. The van der Waals surface area contributed by atoms with E-state index in [2.05, 4.69) is 0 Å². The number of aliphatic hydroxyl groups excluding tert-OH is 1. The van der Waals surface area contributed by atoms with Gasteiger partial charge in [-0.05, 0) is 18.9 Å². The maximum absolute atomic E-state index is 11.9. The van der Waals surface area contributed by atoms with Crippen molar-refractivity contribution in [1.82, 2.24) is 0 Å². The van der Waals surface area contributed by atoms with Crippen LogP contribution in [0.25, 0.3) is 0 Å². The SMILES string of the molecule is O=C1COc2cc([N+](=O)[O-])ccc2N1CCCCCCO. The second kappa shape index (κ2) is 7.03. The van der Waals surface area contributed by atoms with Crippen molar-refractivity contribution in [3.63, 3.8) is 0 Å². The fourth-order valence-corrected chi connectivity index (χ4v) is 2.29. The average Bonchev–Trinajstić information content (AvgIpc) is 2.48. The Hall–Kier alpha value is -2.15. The molecule has 7 nitrogen and oxygen atoms in total. The lowest BCUT2D eigenvalue weighted by molar-refractivity contribution is -0.384. The number of nitro benzene ring substituents is 1. The first-order valence-electron chi connectivity index (χ1n) is 6.96. The van der Waals surface area contributed by atoms with E-state index in [1.165, 1.54) is 12.1 Å². The van der Waals surface area contributed by atoms with Gasteiger partial charge in [0.1, 0.15) is 0 Å². The van der Waals surface area contributed by atoms with E-state index >= 15 is 0 Å². The third-order valence-corrected chi connectivity index (χ3v) is 3.39. The minimum absolute atomic E-state index is 0.0500. The molecular weight excluding hydrogens is 276 g/mol. The number of amides is 1. The summed E-state index contributed by atoms with van der Waals surface area (Å²) in [5.41, 5.74) is 0.532. The minimum atomic E-state index is -0.487. The van der Waals surface area contributed by atoms with Gasteiger partial charge in [0, 0.05) is 19.2 Å². The lowest BCUT2D eigenvalue weighted by atomic mass is 10.1. The van der Waals surface area contributed by atoms with Gasteiger partial charge in [-0.15, -0.1) is 0 Å². The first-order valence-corrected chi connectivity index (χ1v) is 6.96. The standard InChI is InChI=1S/C14H18N2O5/c17-8-4-2-1-3-7-15-12-6-5-11(16(19)20)9-13(12)21-10-14(15)18/h5-6,9,17H,1-4,7-8,10H2. The van der Waals surface area contributed by atoms with Crippen LogP contribution in [-0.2, 0) is 4.79 Å². The van der Waals surface area contributed by atoms with Crippen LogP contribution >= 0.6 is 0 Å². The van der Waals surface area contributed by atoms with Gasteiger partial charge in [-0.25, -0.2) is 0 Å². The summed E-state index contributed by atoms with van der Waals surface area (Å²) in [4.78, 5) is 23.8. The van der Waals surface area contributed by atoms with Gasteiger partial charge in [0.15, 0.2) is 12.4 Å². The highest BCUT2D eigenvalue weighted by Crippen LogP contribution is 2.35. The van der Waals surface area contributed by atoms with Crippen molar-refractivity contribution >= 4 is 17.3 Å². The summed E-state index contributed by atoms with van der Waals surface area (Å²) in [7, 11) is 0. The Balaban J connectivity index is 2.05. The van der Waals surface area contributed by atoms with Crippen LogP contribution in [0.3, 0.4) is 0 Å². The van der Waals surface area contributed by atoms with Crippen molar-refractivity contribution in [3.05, 3.63) is 28.3 Å². The highest BCUT2D eigenvalue weighted by molar-refractivity contribution is 5.98. The molecule has 0 spiro atoms. The number of ether oxygens (including phenoxy) is 1. The van der Waals surface area contributed by atoms with Crippen molar-refractivity contribution in [2.75, 3.05) is 24.7 Å². The number of rotatable bonds is 7. The van der Waals surface area contributed by atoms with Gasteiger partial charge in [0.05, 0.1) is 16.7 Å². The predicted octanol–water partition coefficient (Wildman–Crippen LogP) is 1.87. The molecule has 1 aliphatic rings. The number of anilines is 1. The molecule has 1 heterocycles. The first kappa shape index (κ1) is 15.2. The Labute approximate surface area is 122 Å². The van der Waals surface area contributed by atoms with Crippen molar-refractivity contribution < 1.29 is 19.6 Å². The number of fused-ring (bicyclic) bond motifs is 1. The summed E-state index contributed by atoms with van der Waals surface area (Å²) in [5.74, 6) is 0.234. The fourth-order valence-electron chi connectivity index (χ4n) is 2.29. The summed E-state index contributed by atoms with van der Waals surface area (Å²) in [6.45, 7) is 0.645. The highest BCUT2D eigenvalue weighted by Gasteiger charge is 2.26. The number of carbonyl (C=O) groups is 1. The average molecular weight is 294 g/mol. The Bertz CT molecular complexity index is 532. The Morgan fingerprint density at radius 3 is 2.76 bits per heavy atom. The van der Waals surface area contributed by atoms with Crippen LogP contribution in [0.2, 0.25) is 0 Å². The molecule has 1 amide bonds. The number of aliphatic hydroxyl groups is 1. The van der Waals surface area contributed by atoms with Gasteiger partial charge in [0.25, 0.3) is 11.6 Å². The molecule has 0 atom stereocenters. The van der Waals surface area contributed by atoms with Crippen molar-refractivity contribution in [3.8, 4) is 5.75 Å². The third kappa shape index (κ3) is 3.69. The molecule has 0 saturated carbocycles. The van der Waals surface area contributed by atoms with Crippen molar-refractivity contribution in [1.29, 1.82) is 0 Å². The zero-order valence-corrected chi connectivity index (χ0v) is 11.7. The Morgan fingerprint density at radius 2 is 2.05 bits per heavy atom. The molecule has 2 rings (SSSR count). The summed E-state index contributed by atoms with van der Waals surface area (Å²) in [6.07, 6.45) is 3.43. The molecule has 0 unspecified atom stereocenters. The van der Waals surface area contributed by atoms with Crippen LogP contribution in [0.5, 0.6) is 5.75 Å². The maximum Gasteiger partial charge on any atom is 0.273 e. The summed E-state index contributed by atoms with van der Waals surface area (Å²) >= 11 is 0. The first-order chi connectivity index (χ1) is 10.1. The normalized spacial score (nSPS) is 13.8. The van der Waals surface area contributed by atoms with Crippen molar-refractivity contribution in [2.45, 2.75) is 25.7 Å². The molecule has 0 saturated heterocycles. The molecule has 1 aliphatic heterocycles. The lowest BCUT2D eigenvalue weighted by Gasteiger charge is -2.29. The highest BCUT2D eigenvalue weighted by atomic mass is 16.6. The topological polar surface area (TPSA) is 92.9 Å². The van der Waals surface area contributed by atoms with E-state index in [1.807, 2.05) is 0 Å². The Morgan fingerprint density at radius 1 is 1.29 bits per heavy atom. The second-order valence-corrected chi connectivity index (χ2v) is 4.88. The second-order valence-electron chi connectivity index (χ2n) is 4.88. The zero-order chi connectivity index (χ0) is 15.2. The van der Waals surface area contributed by atoms with Gasteiger partial charge in [-0.2, -0.15) is 0 Å². The number of hydrogen-bond acceptors (Lipinski definition) is 5. The number of nitrogens with zero attached hydrogens (tertiary/aromatic N) is 2. The molecule has 1 aromatic rings. The summed E-state index contributed by atoms with van der Waals surface area (Å²) in [6, 6.07) is 4.28. The molecular formula is C14H18N2O5. The van der Waals surface area contributed by atoms with Crippen LogP contribution in [0.15, 0.2) is 18.2 Å². The van der Waals surface area contributed by atoms with Gasteiger partial charge >= 0.3 is 0 Å². The number of carbonyl (C=O) groups excluding carboxylic acids is 1. The number of nitro groups is 1. The van der Waals surface area contributed by atoms with E-state index in [0.29, 0.717) is 18.0 Å². The molecule has 21 heavy (non-hydrogen) atoms. The van der Waals surface area contributed by atoms with E-state index < -0.39 is 4.92 Å². The fraction of sp³-hybridized carbons (Fsp3) is 0.500. The van der Waals surface area contributed by atoms with E-state index in [4.69, 9.17) is 9.84 Å². The van der Waals surface area contributed by atoms with Crippen molar-refractivity contribution in [2.24, 2.45) is 0 Å². The molecule has 0 aromatic heterocycles. The van der Waals surface area contributed by atoms with Gasteiger partial charge in [-0.3, -0.25) is 14.9 Å². The van der Waals surface area contributed by atoms with E-state index in [0.717, 1.165) is 25.7 Å². The molecule has 0 fully saturated rings. The van der Waals surface area contributed by atoms with E-state index in [1.54, 1.807) is 11.0 Å². The predicted molar refractivity (Wildman–Crippen MR) is 76.5 cm³/mol. The molecule has 114 valence electrons. The third-order valence-electron chi connectivity index (χ3n) is 3.39. The van der Waals surface area contributed by atoms with Crippen LogP contribution in [0, 0.1) is 10.1 Å². The zero-order valence-electron chi connectivity index (χ0n) is 11.7. The molecule has 7 heteroatoms. The van der Waals surface area contributed by atoms with Gasteiger partial charge < -0.3 is 14.7 Å². The van der Waals surface area contributed by atoms with Crippen LogP contribution in [-0.4, -0.2) is 35.7 Å².